The Hall–Kier alpha value is -1.45. The molecule has 0 spiro atoms. The van der Waals surface area contributed by atoms with Crippen LogP contribution in [-0.4, -0.2) is 19.0 Å². The number of nitrogens with zero attached hydrogens (tertiary/aromatic N) is 1. The first-order valence-corrected chi connectivity index (χ1v) is 10.7. The molecule has 27 heavy (non-hydrogen) atoms. The van der Waals surface area contributed by atoms with Crippen LogP contribution in [0.15, 0.2) is 52.3 Å². The van der Waals surface area contributed by atoms with E-state index in [0.717, 1.165) is 30.0 Å². The fraction of sp³-hybridized carbons (Fsp3) is 0.500. The summed E-state index contributed by atoms with van der Waals surface area (Å²) in [5.41, 5.74) is 10.5. The van der Waals surface area contributed by atoms with E-state index in [1.54, 1.807) is 11.8 Å². The average molecular weight is 385 g/mol. The molecule has 0 fully saturated rings. The first-order valence-electron chi connectivity index (χ1n) is 9.84. The number of anilines is 1. The third-order valence-corrected chi connectivity index (χ3v) is 6.30. The van der Waals surface area contributed by atoms with Crippen LogP contribution in [0.25, 0.3) is 0 Å². The first kappa shape index (κ1) is 21.8. The fourth-order valence-electron chi connectivity index (χ4n) is 3.81. The minimum atomic E-state index is 0.151. The number of benzene rings is 2. The maximum Gasteiger partial charge on any atom is 0.0458 e. The van der Waals surface area contributed by atoms with Crippen LogP contribution in [0, 0.1) is 5.41 Å². The van der Waals surface area contributed by atoms with E-state index < -0.39 is 0 Å². The molecule has 0 radical (unpaired) electrons. The predicted octanol–water partition coefficient (Wildman–Crippen LogP) is 6.59. The Labute approximate surface area is 170 Å². The van der Waals surface area contributed by atoms with Gasteiger partial charge in [-0.05, 0) is 67.1 Å². The SMILES string of the molecule is CCC(C)(CC(C)(C)C)c1ccc(Sc2ccccc2CN(C)C)c(N)c1. The highest BCUT2D eigenvalue weighted by Crippen LogP contribution is 2.42. The van der Waals surface area contributed by atoms with Crippen LogP contribution in [-0.2, 0) is 12.0 Å². The highest BCUT2D eigenvalue weighted by atomic mass is 32.2. The molecule has 0 amide bonds. The van der Waals surface area contributed by atoms with Crippen molar-refractivity contribution in [3.8, 4) is 0 Å². The molecule has 0 aromatic heterocycles. The van der Waals surface area contributed by atoms with E-state index >= 15 is 0 Å². The molecule has 2 aromatic rings. The zero-order valence-electron chi connectivity index (χ0n) is 18.1. The molecule has 0 heterocycles. The summed E-state index contributed by atoms with van der Waals surface area (Å²) in [5, 5.41) is 0. The van der Waals surface area contributed by atoms with Crippen molar-refractivity contribution in [2.24, 2.45) is 5.41 Å². The predicted molar refractivity (Wildman–Crippen MR) is 121 cm³/mol. The third-order valence-electron chi connectivity index (χ3n) is 5.09. The van der Waals surface area contributed by atoms with E-state index in [-0.39, 0.29) is 10.8 Å². The summed E-state index contributed by atoms with van der Waals surface area (Å²) < 4.78 is 0. The van der Waals surface area contributed by atoms with E-state index in [1.165, 1.54) is 16.0 Å². The molecule has 3 heteroatoms. The monoisotopic (exact) mass is 384 g/mol. The topological polar surface area (TPSA) is 29.3 Å². The van der Waals surface area contributed by atoms with E-state index in [4.69, 9.17) is 5.73 Å². The van der Waals surface area contributed by atoms with Gasteiger partial charge in [0, 0.05) is 22.0 Å². The molecule has 1 unspecified atom stereocenters. The fourth-order valence-corrected chi connectivity index (χ4v) is 4.77. The van der Waals surface area contributed by atoms with E-state index in [2.05, 4.69) is 96.1 Å². The second kappa shape index (κ2) is 8.70. The zero-order chi connectivity index (χ0) is 20.2. The van der Waals surface area contributed by atoms with Gasteiger partial charge in [0.05, 0.1) is 0 Å². The summed E-state index contributed by atoms with van der Waals surface area (Å²) in [4.78, 5) is 4.61. The molecule has 0 aliphatic carbocycles. The smallest absolute Gasteiger partial charge is 0.0458 e. The van der Waals surface area contributed by atoms with Gasteiger partial charge in [-0.15, -0.1) is 0 Å². The van der Waals surface area contributed by atoms with Gasteiger partial charge in [0.2, 0.25) is 0 Å². The number of nitrogen functional groups attached to an aromatic ring is 1. The highest BCUT2D eigenvalue weighted by Gasteiger charge is 2.30. The maximum absolute atomic E-state index is 6.50. The lowest BCUT2D eigenvalue weighted by Crippen LogP contribution is -2.27. The number of hydrogen-bond acceptors (Lipinski definition) is 3. The Bertz CT molecular complexity index is 761. The van der Waals surface area contributed by atoms with Gasteiger partial charge in [-0.25, -0.2) is 0 Å². The van der Waals surface area contributed by atoms with Crippen molar-refractivity contribution < 1.29 is 0 Å². The molecule has 148 valence electrons. The third kappa shape index (κ3) is 6.02. The van der Waals surface area contributed by atoms with Crippen LogP contribution in [0.1, 0.15) is 58.6 Å². The van der Waals surface area contributed by atoms with Crippen LogP contribution >= 0.6 is 11.8 Å². The molecular formula is C24H36N2S. The molecule has 0 saturated heterocycles. The van der Waals surface area contributed by atoms with Crippen LogP contribution in [0.5, 0.6) is 0 Å². The Morgan fingerprint density at radius 2 is 1.63 bits per heavy atom. The molecule has 1 atom stereocenters. The molecule has 2 rings (SSSR count). The van der Waals surface area contributed by atoms with E-state index in [1.807, 2.05) is 0 Å². The Balaban J connectivity index is 2.30. The van der Waals surface area contributed by atoms with Gasteiger partial charge in [-0.2, -0.15) is 0 Å². The maximum atomic E-state index is 6.50. The minimum Gasteiger partial charge on any atom is -0.398 e. The quantitative estimate of drug-likeness (QED) is 0.546. The second-order valence-electron chi connectivity index (χ2n) is 9.35. The standard InChI is InChI=1S/C24H36N2S/c1-8-24(5,17-23(2,3)4)19-13-14-22(20(25)15-19)27-21-12-10-9-11-18(21)16-26(6)7/h9-15H,8,16-17,25H2,1-7H3. The van der Waals surface area contributed by atoms with Gasteiger partial charge < -0.3 is 10.6 Å². The molecule has 0 aliphatic rings. The summed E-state index contributed by atoms with van der Waals surface area (Å²) in [6, 6.07) is 15.3. The van der Waals surface area contributed by atoms with Gasteiger partial charge in [-0.3, -0.25) is 0 Å². The normalized spacial score (nSPS) is 14.4. The summed E-state index contributed by atoms with van der Waals surface area (Å²) in [5.74, 6) is 0. The van der Waals surface area contributed by atoms with Crippen molar-refractivity contribution in [1.82, 2.24) is 4.90 Å². The number of nitrogens with two attached hydrogens (primary N) is 1. The van der Waals surface area contributed by atoms with Crippen LogP contribution < -0.4 is 5.73 Å². The summed E-state index contributed by atoms with van der Waals surface area (Å²) in [6.45, 7) is 12.5. The van der Waals surface area contributed by atoms with Crippen LogP contribution in [0.4, 0.5) is 5.69 Å². The molecule has 0 saturated carbocycles. The van der Waals surface area contributed by atoms with Crippen molar-refractivity contribution in [1.29, 1.82) is 0 Å². The van der Waals surface area contributed by atoms with Gasteiger partial charge in [-0.1, -0.05) is 70.6 Å². The van der Waals surface area contributed by atoms with E-state index in [9.17, 15) is 0 Å². The summed E-state index contributed by atoms with van der Waals surface area (Å²) >= 11 is 1.77. The van der Waals surface area contributed by atoms with Crippen LogP contribution in [0.3, 0.4) is 0 Å². The Kier molecular flexibility index (Phi) is 7.04. The van der Waals surface area contributed by atoms with Gasteiger partial charge in [0.1, 0.15) is 0 Å². The molecule has 0 bridgehead atoms. The molecule has 2 nitrogen and oxygen atoms in total. The summed E-state index contributed by atoms with van der Waals surface area (Å²) in [6.07, 6.45) is 2.26. The number of hydrogen-bond donors (Lipinski definition) is 1. The second-order valence-corrected chi connectivity index (χ2v) is 10.4. The van der Waals surface area contributed by atoms with Gasteiger partial charge in [0.15, 0.2) is 0 Å². The molecular weight excluding hydrogens is 348 g/mol. The Morgan fingerprint density at radius 1 is 0.963 bits per heavy atom. The molecule has 2 aromatic carbocycles. The van der Waals surface area contributed by atoms with Crippen molar-refractivity contribution in [2.75, 3.05) is 19.8 Å². The van der Waals surface area contributed by atoms with Crippen LogP contribution in [0.2, 0.25) is 0 Å². The van der Waals surface area contributed by atoms with Crippen molar-refractivity contribution in [3.05, 3.63) is 53.6 Å². The molecule has 2 N–H and O–H groups in total. The van der Waals surface area contributed by atoms with Crippen molar-refractivity contribution in [3.63, 3.8) is 0 Å². The zero-order valence-corrected chi connectivity index (χ0v) is 18.9. The summed E-state index contributed by atoms with van der Waals surface area (Å²) in [7, 11) is 4.21. The van der Waals surface area contributed by atoms with Gasteiger partial charge >= 0.3 is 0 Å². The van der Waals surface area contributed by atoms with Gasteiger partial charge in [0.25, 0.3) is 0 Å². The Morgan fingerprint density at radius 3 is 2.19 bits per heavy atom. The number of rotatable bonds is 7. The highest BCUT2D eigenvalue weighted by molar-refractivity contribution is 7.99. The minimum absolute atomic E-state index is 0.151. The average Bonchev–Trinajstić information content (AvgIpc) is 2.56. The van der Waals surface area contributed by atoms with Crippen molar-refractivity contribution >= 4 is 17.4 Å². The first-order chi connectivity index (χ1) is 12.5. The lowest BCUT2D eigenvalue weighted by molar-refractivity contribution is 0.261. The lowest BCUT2D eigenvalue weighted by Gasteiger charge is -2.36. The largest absolute Gasteiger partial charge is 0.398 e. The molecule has 0 aliphatic heterocycles. The van der Waals surface area contributed by atoms with Crippen molar-refractivity contribution in [2.45, 2.75) is 69.2 Å². The van der Waals surface area contributed by atoms with E-state index in [0.29, 0.717) is 0 Å². The lowest BCUT2D eigenvalue weighted by atomic mass is 9.69.